The van der Waals surface area contributed by atoms with Gasteiger partial charge >= 0.3 is 5.97 Å². The molecule has 104 valence electrons. The molecule has 0 rings (SSSR count). The first-order valence-corrected chi connectivity index (χ1v) is 5.58. The number of unbranched alkanes of at least 4 members (excludes halogenated alkanes) is 3. The number of nitrogens with two attached hydrogens (primary N) is 1. The molecule has 0 aromatic rings. The molecule has 0 fully saturated rings. The summed E-state index contributed by atoms with van der Waals surface area (Å²) in [6, 6.07) is 0. The summed E-state index contributed by atoms with van der Waals surface area (Å²) in [5.74, 6) is -0.397. The van der Waals surface area contributed by atoms with E-state index in [0.717, 1.165) is 12.8 Å². The lowest BCUT2D eigenvalue weighted by Gasteiger charge is -2.03. The van der Waals surface area contributed by atoms with E-state index in [2.05, 4.69) is 6.92 Å². The molecule has 0 aromatic carbocycles. The maximum atomic E-state index is 11.1. The number of Topliss-reactive ketones (excluding diaryl/α,β-unsaturated/α-hetero) is 1. The van der Waals surface area contributed by atoms with Gasteiger partial charge in [0.05, 0.1) is 19.6 Å². The van der Waals surface area contributed by atoms with Crippen molar-refractivity contribution in [2.75, 3.05) is 13.2 Å². The van der Waals surface area contributed by atoms with Gasteiger partial charge in [-0.15, -0.1) is 24.8 Å². The molecule has 0 atom stereocenters. The van der Waals surface area contributed by atoms with E-state index in [1.54, 1.807) is 0 Å². The van der Waals surface area contributed by atoms with Crippen LogP contribution < -0.4 is 5.73 Å². The smallest absolute Gasteiger partial charge is 0.306 e. The van der Waals surface area contributed by atoms with Crippen molar-refractivity contribution in [3.05, 3.63) is 0 Å². The van der Waals surface area contributed by atoms with Gasteiger partial charge < -0.3 is 10.5 Å². The van der Waals surface area contributed by atoms with Crippen molar-refractivity contribution in [1.82, 2.24) is 0 Å². The molecule has 0 radical (unpaired) electrons. The van der Waals surface area contributed by atoms with E-state index in [9.17, 15) is 9.59 Å². The maximum Gasteiger partial charge on any atom is 0.306 e. The Labute approximate surface area is 115 Å². The van der Waals surface area contributed by atoms with Crippen LogP contribution >= 0.6 is 24.8 Å². The average molecular weight is 288 g/mol. The van der Waals surface area contributed by atoms with E-state index in [-0.39, 0.29) is 56.0 Å². The van der Waals surface area contributed by atoms with E-state index in [0.29, 0.717) is 6.61 Å². The quantitative estimate of drug-likeness (QED) is 0.522. The lowest BCUT2D eigenvalue weighted by molar-refractivity contribution is -0.144. The molecule has 0 aromatic heterocycles. The fourth-order valence-electron chi connectivity index (χ4n) is 1.13. The second-order valence-corrected chi connectivity index (χ2v) is 3.52. The Balaban J connectivity index is -0.000000980. The highest BCUT2D eigenvalue weighted by atomic mass is 35.5. The predicted octanol–water partition coefficient (Wildman–Crippen LogP) is 2.26. The van der Waals surface area contributed by atoms with Gasteiger partial charge in [-0.05, 0) is 6.42 Å². The van der Waals surface area contributed by atoms with Gasteiger partial charge in [-0.2, -0.15) is 0 Å². The summed E-state index contributed by atoms with van der Waals surface area (Å²) in [7, 11) is 0. The molecule has 0 unspecified atom stereocenters. The average Bonchev–Trinajstić information content (AvgIpc) is 2.25. The monoisotopic (exact) mass is 287 g/mol. The Morgan fingerprint density at radius 2 is 1.71 bits per heavy atom. The molecule has 0 amide bonds. The van der Waals surface area contributed by atoms with E-state index in [1.165, 1.54) is 12.8 Å². The molecule has 0 saturated carbocycles. The molecule has 0 aliphatic heterocycles. The zero-order valence-electron chi connectivity index (χ0n) is 10.3. The van der Waals surface area contributed by atoms with E-state index in [4.69, 9.17) is 10.5 Å². The first-order chi connectivity index (χ1) is 7.20. The SMILES string of the molecule is CCCCCCOC(=O)CCC(=O)CN.Cl.Cl. The molecular weight excluding hydrogens is 265 g/mol. The summed E-state index contributed by atoms with van der Waals surface area (Å²) < 4.78 is 4.95. The minimum absolute atomic E-state index is 0. The number of carbonyl (C=O) groups excluding carboxylic acids is 2. The molecule has 0 aliphatic rings. The number of hydrogen-bond donors (Lipinski definition) is 1. The molecule has 0 aliphatic carbocycles. The van der Waals surface area contributed by atoms with Gasteiger partial charge in [0, 0.05) is 6.42 Å². The molecule has 0 saturated heterocycles. The number of halogens is 2. The van der Waals surface area contributed by atoms with Gasteiger partial charge in [0.1, 0.15) is 5.78 Å². The fraction of sp³-hybridized carbons (Fsp3) is 0.818. The third kappa shape index (κ3) is 15.7. The lowest BCUT2D eigenvalue weighted by atomic mass is 10.2. The fourth-order valence-corrected chi connectivity index (χ4v) is 1.13. The van der Waals surface area contributed by atoms with E-state index < -0.39 is 0 Å². The van der Waals surface area contributed by atoms with Crippen LogP contribution in [0.5, 0.6) is 0 Å². The maximum absolute atomic E-state index is 11.1. The number of esters is 1. The zero-order valence-corrected chi connectivity index (χ0v) is 11.9. The Morgan fingerprint density at radius 3 is 2.24 bits per heavy atom. The van der Waals surface area contributed by atoms with Gasteiger partial charge in [-0.3, -0.25) is 9.59 Å². The lowest BCUT2D eigenvalue weighted by Crippen LogP contribution is -2.15. The van der Waals surface area contributed by atoms with Crippen molar-refractivity contribution >= 4 is 36.6 Å². The Hall–Kier alpha value is -0.320. The van der Waals surface area contributed by atoms with Crippen LogP contribution in [0.3, 0.4) is 0 Å². The van der Waals surface area contributed by atoms with Crippen LogP contribution in [0.1, 0.15) is 45.4 Å². The molecule has 4 nitrogen and oxygen atoms in total. The number of hydrogen-bond acceptors (Lipinski definition) is 4. The highest BCUT2D eigenvalue weighted by Gasteiger charge is 2.06. The highest BCUT2D eigenvalue weighted by molar-refractivity contribution is 5.85. The van der Waals surface area contributed by atoms with Gasteiger partial charge in [-0.25, -0.2) is 0 Å². The van der Waals surface area contributed by atoms with Crippen LogP contribution in [0.4, 0.5) is 0 Å². The van der Waals surface area contributed by atoms with Crippen LogP contribution in [0, 0.1) is 0 Å². The first kappa shape index (κ1) is 21.9. The molecule has 6 heteroatoms. The Morgan fingerprint density at radius 1 is 1.06 bits per heavy atom. The number of rotatable bonds is 9. The van der Waals surface area contributed by atoms with Crippen LogP contribution in [0.15, 0.2) is 0 Å². The van der Waals surface area contributed by atoms with Crippen LogP contribution in [0.2, 0.25) is 0 Å². The summed E-state index contributed by atoms with van der Waals surface area (Å²) in [5.41, 5.74) is 5.11. The standard InChI is InChI=1S/C11H21NO3.2ClH/c1-2-3-4-5-8-15-11(14)7-6-10(13)9-12;;/h2-9,12H2,1H3;2*1H. The first-order valence-electron chi connectivity index (χ1n) is 5.58. The van der Waals surface area contributed by atoms with E-state index in [1.807, 2.05) is 0 Å². The number of carbonyl (C=O) groups is 2. The highest BCUT2D eigenvalue weighted by Crippen LogP contribution is 2.00. The van der Waals surface area contributed by atoms with Crippen LogP contribution in [0.25, 0.3) is 0 Å². The summed E-state index contributed by atoms with van der Waals surface area (Å²) in [4.78, 5) is 21.9. The van der Waals surface area contributed by atoms with Crippen LogP contribution in [-0.4, -0.2) is 24.9 Å². The third-order valence-electron chi connectivity index (χ3n) is 2.10. The second-order valence-electron chi connectivity index (χ2n) is 3.52. The van der Waals surface area contributed by atoms with Crippen molar-refractivity contribution in [2.45, 2.75) is 45.4 Å². The molecule has 0 spiro atoms. The summed E-state index contributed by atoms with van der Waals surface area (Å²) >= 11 is 0. The van der Waals surface area contributed by atoms with Gasteiger partial charge in [0.2, 0.25) is 0 Å². The summed E-state index contributed by atoms with van der Waals surface area (Å²) in [6.45, 7) is 2.60. The minimum Gasteiger partial charge on any atom is -0.466 e. The largest absolute Gasteiger partial charge is 0.466 e. The minimum atomic E-state index is -0.298. The van der Waals surface area contributed by atoms with Gasteiger partial charge in [-0.1, -0.05) is 26.2 Å². The zero-order chi connectivity index (χ0) is 11.5. The molecule has 0 heterocycles. The number of ether oxygens (including phenoxy) is 1. The molecule has 2 N–H and O–H groups in total. The van der Waals surface area contributed by atoms with Crippen molar-refractivity contribution in [1.29, 1.82) is 0 Å². The number of ketones is 1. The predicted molar refractivity (Wildman–Crippen MR) is 72.9 cm³/mol. The van der Waals surface area contributed by atoms with Crippen molar-refractivity contribution in [2.24, 2.45) is 5.73 Å². The summed E-state index contributed by atoms with van der Waals surface area (Å²) in [5, 5.41) is 0. The Kier molecular flexibility index (Phi) is 20.2. The molecule has 17 heavy (non-hydrogen) atoms. The van der Waals surface area contributed by atoms with Gasteiger partial charge in [0.15, 0.2) is 0 Å². The normalized spacial score (nSPS) is 8.82. The third-order valence-corrected chi connectivity index (χ3v) is 2.10. The van der Waals surface area contributed by atoms with Crippen molar-refractivity contribution in [3.8, 4) is 0 Å². The second kappa shape index (κ2) is 15.7. The Bertz CT molecular complexity index is 201. The van der Waals surface area contributed by atoms with E-state index >= 15 is 0 Å². The van der Waals surface area contributed by atoms with Crippen molar-refractivity contribution in [3.63, 3.8) is 0 Å². The summed E-state index contributed by atoms with van der Waals surface area (Å²) in [6.07, 6.45) is 4.69. The molecule has 0 bridgehead atoms. The topological polar surface area (TPSA) is 69.4 Å². The van der Waals surface area contributed by atoms with Crippen LogP contribution in [-0.2, 0) is 14.3 Å². The van der Waals surface area contributed by atoms with Gasteiger partial charge in [0.25, 0.3) is 0 Å². The molecular formula is C11H23Cl2NO3. The van der Waals surface area contributed by atoms with Crippen molar-refractivity contribution < 1.29 is 14.3 Å².